The lowest BCUT2D eigenvalue weighted by atomic mass is 9.97. The number of nitrogens with zero attached hydrogens (tertiary/aromatic N) is 2. The van der Waals surface area contributed by atoms with Crippen LogP contribution in [0.4, 0.5) is 0 Å². The summed E-state index contributed by atoms with van der Waals surface area (Å²) >= 11 is 0. The van der Waals surface area contributed by atoms with E-state index in [-0.39, 0.29) is 24.0 Å². The third-order valence-corrected chi connectivity index (χ3v) is 5.24. The first-order valence-electron chi connectivity index (χ1n) is 10.1. The number of hydrogen-bond acceptors (Lipinski definition) is 3. The van der Waals surface area contributed by atoms with Crippen LogP contribution in [-0.4, -0.2) is 63.3 Å². The molecule has 0 aromatic carbocycles. The molecular weight excluding hydrogens is 427 g/mol. The zero-order chi connectivity index (χ0) is 17.0. The Kier molecular flexibility index (Phi) is 12.9. The lowest BCUT2D eigenvalue weighted by Gasteiger charge is -2.28. The molecule has 2 aliphatic rings. The average Bonchev–Trinajstić information content (AvgIpc) is 2.86. The molecule has 1 aliphatic heterocycles. The molecule has 1 heterocycles. The maximum Gasteiger partial charge on any atom is 0.191 e. The van der Waals surface area contributed by atoms with Crippen molar-refractivity contribution in [2.75, 3.05) is 46.4 Å². The predicted octanol–water partition coefficient (Wildman–Crippen LogP) is 3.24. The molecule has 148 valence electrons. The standard InChI is InChI=1S/C19H38N4O.HI/c1-3-20-19(22-16-17-10-13-23(2)14-11-17)21-12-15-24-18-8-6-4-5-7-9-18;/h17-18H,3-16H2,1-2H3,(H2,20,21,22);1H. The summed E-state index contributed by atoms with van der Waals surface area (Å²) in [4.78, 5) is 7.19. The number of aliphatic imine (C=N–C) groups is 1. The van der Waals surface area contributed by atoms with Crippen molar-refractivity contribution in [1.29, 1.82) is 0 Å². The summed E-state index contributed by atoms with van der Waals surface area (Å²) in [7, 11) is 2.21. The first-order chi connectivity index (χ1) is 11.8. The lowest BCUT2D eigenvalue weighted by Crippen LogP contribution is -2.40. The Morgan fingerprint density at radius 3 is 2.36 bits per heavy atom. The molecule has 0 spiro atoms. The maximum atomic E-state index is 6.05. The minimum absolute atomic E-state index is 0. The number of rotatable bonds is 7. The molecule has 1 saturated heterocycles. The fourth-order valence-electron chi connectivity index (χ4n) is 3.61. The van der Waals surface area contributed by atoms with Crippen molar-refractivity contribution < 1.29 is 4.74 Å². The van der Waals surface area contributed by atoms with Gasteiger partial charge in [-0.25, -0.2) is 0 Å². The van der Waals surface area contributed by atoms with Crippen molar-refractivity contribution in [3.05, 3.63) is 0 Å². The van der Waals surface area contributed by atoms with Gasteiger partial charge in [-0.1, -0.05) is 25.7 Å². The number of guanidine groups is 1. The maximum absolute atomic E-state index is 6.05. The van der Waals surface area contributed by atoms with Gasteiger partial charge in [-0.15, -0.1) is 24.0 Å². The van der Waals surface area contributed by atoms with Crippen molar-refractivity contribution in [3.63, 3.8) is 0 Å². The first-order valence-corrected chi connectivity index (χ1v) is 10.1. The Bertz CT molecular complexity index is 351. The topological polar surface area (TPSA) is 48.9 Å². The minimum atomic E-state index is 0. The Morgan fingerprint density at radius 1 is 1.04 bits per heavy atom. The summed E-state index contributed by atoms with van der Waals surface area (Å²) in [5, 5.41) is 6.78. The van der Waals surface area contributed by atoms with Crippen LogP contribution in [0.25, 0.3) is 0 Å². The highest BCUT2D eigenvalue weighted by Crippen LogP contribution is 2.19. The molecule has 1 aliphatic carbocycles. The molecule has 1 saturated carbocycles. The van der Waals surface area contributed by atoms with Crippen LogP contribution in [0.3, 0.4) is 0 Å². The summed E-state index contributed by atoms with van der Waals surface area (Å²) in [5.41, 5.74) is 0. The predicted molar refractivity (Wildman–Crippen MR) is 117 cm³/mol. The molecule has 2 fully saturated rings. The van der Waals surface area contributed by atoms with E-state index in [1.54, 1.807) is 0 Å². The van der Waals surface area contributed by atoms with Gasteiger partial charge in [0.15, 0.2) is 5.96 Å². The molecule has 0 aromatic heterocycles. The third-order valence-electron chi connectivity index (χ3n) is 5.24. The van der Waals surface area contributed by atoms with Gasteiger partial charge >= 0.3 is 0 Å². The van der Waals surface area contributed by atoms with E-state index in [1.807, 2.05) is 0 Å². The van der Waals surface area contributed by atoms with Gasteiger partial charge in [0.2, 0.25) is 0 Å². The van der Waals surface area contributed by atoms with Crippen LogP contribution >= 0.6 is 24.0 Å². The average molecular weight is 466 g/mol. The van der Waals surface area contributed by atoms with Gasteiger partial charge in [0.25, 0.3) is 0 Å². The van der Waals surface area contributed by atoms with E-state index in [0.717, 1.165) is 38.1 Å². The van der Waals surface area contributed by atoms with Crippen LogP contribution in [0.15, 0.2) is 4.99 Å². The van der Waals surface area contributed by atoms with Crippen molar-refractivity contribution in [2.45, 2.75) is 64.4 Å². The monoisotopic (exact) mass is 466 g/mol. The molecule has 0 aromatic rings. The zero-order valence-electron chi connectivity index (χ0n) is 16.3. The number of hydrogen-bond donors (Lipinski definition) is 2. The first kappa shape index (κ1) is 23.0. The van der Waals surface area contributed by atoms with Crippen LogP contribution in [0.5, 0.6) is 0 Å². The SMILES string of the molecule is CCNC(=NCC1CCN(C)CC1)NCCOC1CCCCCC1.I. The van der Waals surface area contributed by atoms with Gasteiger partial charge in [0, 0.05) is 19.6 Å². The van der Waals surface area contributed by atoms with Crippen LogP contribution in [0, 0.1) is 5.92 Å². The summed E-state index contributed by atoms with van der Waals surface area (Å²) in [6.07, 6.45) is 10.9. The summed E-state index contributed by atoms with van der Waals surface area (Å²) < 4.78 is 6.05. The molecule has 0 atom stereocenters. The van der Waals surface area contributed by atoms with Crippen LogP contribution < -0.4 is 10.6 Å². The largest absolute Gasteiger partial charge is 0.376 e. The molecular formula is C19H39IN4O. The molecule has 25 heavy (non-hydrogen) atoms. The van der Waals surface area contributed by atoms with Gasteiger partial charge < -0.3 is 20.3 Å². The smallest absolute Gasteiger partial charge is 0.191 e. The molecule has 0 amide bonds. The lowest BCUT2D eigenvalue weighted by molar-refractivity contribution is 0.0468. The van der Waals surface area contributed by atoms with Crippen LogP contribution in [0.1, 0.15) is 58.3 Å². The van der Waals surface area contributed by atoms with E-state index in [4.69, 9.17) is 9.73 Å². The van der Waals surface area contributed by atoms with Crippen LogP contribution in [0.2, 0.25) is 0 Å². The quantitative estimate of drug-likeness (QED) is 0.199. The second-order valence-electron chi connectivity index (χ2n) is 7.38. The molecule has 0 radical (unpaired) electrons. The van der Waals surface area contributed by atoms with Gasteiger partial charge in [-0.05, 0) is 58.7 Å². The molecule has 2 rings (SSSR count). The Morgan fingerprint density at radius 2 is 1.72 bits per heavy atom. The molecule has 0 bridgehead atoms. The van der Waals surface area contributed by atoms with E-state index in [2.05, 4.69) is 29.5 Å². The van der Waals surface area contributed by atoms with Gasteiger partial charge in [-0.3, -0.25) is 4.99 Å². The highest BCUT2D eigenvalue weighted by atomic mass is 127. The van der Waals surface area contributed by atoms with E-state index in [9.17, 15) is 0 Å². The van der Waals surface area contributed by atoms with Gasteiger partial charge in [0.05, 0.1) is 12.7 Å². The highest BCUT2D eigenvalue weighted by Gasteiger charge is 2.16. The van der Waals surface area contributed by atoms with E-state index in [1.165, 1.54) is 64.5 Å². The number of halogens is 1. The number of nitrogens with one attached hydrogen (secondary N) is 2. The zero-order valence-corrected chi connectivity index (χ0v) is 18.6. The van der Waals surface area contributed by atoms with E-state index in [0.29, 0.717) is 6.10 Å². The molecule has 5 nitrogen and oxygen atoms in total. The van der Waals surface area contributed by atoms with E-state index < -0.39 is 0 Å². The number of piperidine rings is 1. The number of ether oxygens (including phenoxy) is 1. The van der Waals surface area contributed by atoms with Gasteiger partial charge in [-0.2, -0.15) is 0 Å². The molecule has 2 N–H and O–H groups in total. The molecule has 6 heteroatoms. The summed E-state index contributed by atoms with van der Waals surface area (Å²) in [6, 6.07) is 0. The Hall–Kier alpha value is -0.0800. The third kappa shape index (κ3) is 9.99. The van der Waals surface area contributed by atoms with Crippen molar-refractivity contribution in [3.8, 4) is 0 Å². The van der Waals surface area contributed by atoms with Crippen molar-refractivity contribution in [2.24, 2.45) is 10.9 Å². The van der Waals surface area contributed by atoms with Crippen LogP contribution in [-0.2, 0) is 4.74 Å². The highest BCUT2D eigenvalue weighted by molar-refractivity contribution is 14.0. The summed E-state index contributed by atoms with van der Waals surface area (Å²) in [5.74, 6) is 1.68. The Labute approximate surface area is 171 Å². The normalized spacial score (nSPS) is 21.4. The van der Waals surface area contributed by atoms with E-state index >= 15 is 0 Å². The van der Waals surface area contributed by atoms with Crippen molar-refractivity contribution >= 4 is 29.9 Å². The summed E-state index contributed by atoms with van der Waals surface area (Å²) in [6.45, 7) is 8.00. The number of likely N-dealkylation sites (tertiary alicyclic amines) is 1. The molecule has 0 unspecified atom stereocenters. The second kappa shape index (κ2) is 14.0. The second-order valence-corrected chi connectivity index (χ2v) is 7.38. The fourth-order valence-corrected chi connectivity index (χ4v) is 3.61. The fraction of sp³-hybridized carbons (Fsp3) is 0.947. The minimum Gasteiger partial charge on any atom is -0.376 e. The van der Waals surface area contributed by atoms with Gasteiger partial charge in [0.1, 0.15) is 0 Å². The van der Waals surface area contributed by atoms with Crippen molar-refractivity contribution in [1.82, 2.24) is 15.5 Å². The Balaban J connectivity index is 0.00000312.